The minimum atomic E-state index is -0.424. The highest BCUT2D eigenvalue weighted by Gasteiger charge is 2.27. The molecule has 0 spiro atoms. The van der Waals surface area contributed by atoms with Crippen LogP contribution < -0.4 is 16.0 Å². The first kappa shape index (κ1) is 14.1. The highest BCUT2D eigenvalue weighted by atomic mass is 16.6. The van der Waals surface area contributed by atoms with E-state index in [0.717, 1.165) is 18.7 Å². The van der Waals surface area contributed by atoms with E-state index in [1.807, 2.05) is 17.0 Å². The molecule has 0 aromatic carbocycles. The smallest absolute Gasteiger partial charge is 0.407 e. The van der Waals surface area contributed by atoms with Crippen LogP contribution in [-0.2, 0) is 4.74 Å². The van der Waals surface area contributed by atoms with E-state index in [2.05, 4.69) is 25.5 Å². The number of nitrogens with one attached hydrogen (secondary N) is 2. The van der Waals surface area contributed by atoms with Crippen LogP contribution in [0.5, 0.6) is 0 Å². The van der Waals surface area contributed by atoms with Gasteiger partial charge in [-0.1, -0.05) is 0 Å². The van der Waals surface area contributed by atoms with Gasteiger partial charge in [0, 0.05) is 32.3 Å². The van der Waals surface area contributed by atoms with Crippen molar-refractivity contribution in [2.45, 2.75) is 12.5 Å². The Kier molecular flexibility index (Phi) is 3.77. The molecule has 2 aromatic rings. The van der Waals surface area contributed by atoms with Crippen molar-refractivity contribution >= 4 is 17.9 Å². The van der Waals surface area contributed by atoms with Crippen molar-refractivity contribution < 1.29 is 9.53 Å². The van der Waals surface area contributed by atoms with Crippen molar-refractivity contribution in [3.8, 4) is 11.4 Å². The van der Waals surface area contributed by atoms with Gasteiger partial charge in [-0.15, -0.1) is 0 Å². The maximum atomic E-state index is 11.3. The van der Waals surface area contributed by atoms with Crippen LogP contribution in [0.2, 0.25) is 0 Å². The molecule has 3 rings (SSSR count). The van der Waals surface area contributed by atoms with Gasteiger partial charge in [-0.05, 0) is 6.07 Å². The van der Waals surface area contributed by atoms with Gasteiger partial charge in [-0.25, -0.2) is 9.78 Å². The van der Waals surface area contributed by atoms with Gasteiger partial charge in [0.2, 0.25) is 5.95 Å². The summed E-state index contributed by atoms with van der Waals surface area (Å²) in [5.74, 6) is 0.901. The number of nitrogen functional groups attached to an aromatic ring is 1. The Hall–Kier alpha value is -2.84. The fraction of sp³-hybridized carbons (Fsp3) is 0.385. The van der Waals surface area contributed by atoms with E-state index < -0.39 is 6.09 Å². The Labute approximate surface area is 126 Å². The van der Waals surface area contributed by atoms with Gasteiger partial charge in [0.1, 0.15) is 11.9 Å². The Morgan fingerprint density at radius 1 is 1.55 bits per heavy atom. The predicted octanol–water partition coefficient (Wildman–Crippen LogP) is 0.384. The Morgan fingerprint density at radius 3 is 3.14 bits per heavy atom. The van der Waals surface area contributed by atoms with Crippen molar-refractivity contribution in [2.75, 3.05) is 30.8 Å². The quantitative estimate of drug-likeness (QED) is 0.749. The Bertz CT molecular complexity index is 658. The van der Waals surface area contributed by atoms with Gasteiger partial charge in [-0.2, -0.15) is 10.1 Å². The first-order chi connectivity index (χ1) is 10.7. The number of carbonyl (C=O) groups is 1. The second-order valence-electron chi connectivity index (χ2n) is 4.95. The van der Waals surface area contributed by atoms with Crippen molar-refractivity contribution in [3.63, 3.8) is 0 Å². The minimum Gasteiger partial charge on any atom is -0.444 e. The number of aromatic amines is 1. The van der Waals surface area contributed by atoms with Crippen LogP contribution in [0.4, 0.5) is 16.6 Å². The van der Waals surface area contributed by atoms with Crippen LogP contribution in [0, 0.1) is 0 Å². The average molecular weight is 303 g/mol. The van der Waals surface area contributed by atoms with E-state index in [0.29, 0.717) is 18.1 Å². The van der Waals surface area contributed by atoms with E-state index >= 15 is 0 Å². The third-order valence-electron chi connectivity index (χ3n) is 3.45. The van der Waals surface area contributed by atoms with Crippen molar-refractivity contribution in [2.24, 2.45) is 0 Å². The molecule has 9 nitrogen and oxygen atoms in total. The van der Waals surface area contributed by atoms with Gasteiger partial charge in [0.05, 0.1) is 17.9 Å². The lowest BCUT2D eigenvalue weighted by atomic mass is 10.3. The summed E-state index contributed by atoms with van der Waals surface area (Å²) in [7, 11) is 1.54. The monoisotopic (exact) mass is 303 g/mol. The summed E-state index contributed by atoms with van der Waals surface area (Å²) >= 11 is 0. The number of amides is 1. The summed E-state index contributed by atoms with van der Waals surface area (Å²) in [4.78, 5) is 21.7. The van der Waals surface area contributed by atoms with E-state index in [-0.39, 0.29) is 12.1 Å². The number of anilines is 2. The molecule has 2 aromatic heterocycles. The van der Waals surface area contributed by atoms with Gasteiger partial charge < -0.3 is 20.7 Å². The number of rotatable bonds is 3. The first-order valence-corrected chi connectivity index (χ1v) is 6.93. The standard InChI is InChI=1S/C13H17N7O2/c1-15-13(21)22-8-3-5-20(7-8)11-6-10(17-12(14)18-11)9-2-4-16-19-9/h2,4,6,8H,3,5,7H2,1H3,(H,15,21)(H,16,19)(H2,14,17,18)/t8-/m1/s1. The Balaban J connectivity index is 1.77. The lowest BCUT2D eigenvalue weighted by molar-refractivity contribution is 0.110. The topological polar surface area (TPSA) is 122 Å². The summed E-state index contributed by atoms with van der Waals surface area (Å²) < 4.78 is 5.26. The molecule has 1 saturated heterocycles. The minimum absolute atomic E-state index is 0.160. The van der Waals surface area contributed by atoms with Gasteiger partial charge in [0.25, 0.3) is 0 Å². The first-order valence-electron chi connectivity index (χ1n) is 6.93. The number of H-pyrrole nitrogens is 1. The molecule has 22 heavy (non-hydrogen) atoms. The molecule has 1 amide bonds. The molecule has 0 bridgehead atoms. The zero-order chi connectivity index (χ0) is 15.5. The number of carbonyl (C=O) groups excluding carboxylic acids is 1. The zero-order valence-corrected chi connectivity index (χ0v) is 12.1. The van der Waals surface area contributed by atoms with Gasteiger partial charge in [0.15, 0.2) is 0 Å². The average Bonchev–Trinajstić information content (AvgIpc) is 3.18. The molecule has 0 saturated carbocycles. The Morgan fingerprint density at radius 2 is 2.41 bits per heavy atom. The maximum absolute atomic E-state index is 11.3. The number of hydrogen-bond acceptors (Lipinski definition) is 7. The third kappa shape index (κ3) is 2.92. The number of ether oxygens (including phenoxy) is 1. The summed E-state index contributed by atoms with van der Waals surface area (Å²) in [5.41, 5.74) is 7.24. The molecule has 3 heterocycles. The van der Waals surface area contributed by atoms with Gasteiger partial charge >= 0.3 is 6.09 Å². The summed E-state index contributed by atoms with van der Waals surface area (Å²) in [6.07, 6.45) is 1.81. The van der Waals surface area contributed by atoms with Crippen molar-refractivity contribution in [3.05, 3.63) is 18.3 Å². The normalized spacial score (nSPS) is 17.5. The van der Waals surface area contributed by atoms with Crippen LogP contribution in [0.25, 0.3) is 11.4 Å². The number of hydrogen-bond donors (Lipinski definition) is 3. The van der Waals surface area contributed by atoms with Gasteiger partial charge in [-0.3, -0.25) is 5.10 Å². The molecule has 0 radical (unpaired) electrons. The zero-order valence-electron chi connectivity index (χ0n) is 12.1. The molecular weight excluding hydrogens is 286 g/mol. The summed E-state index contributed by atoms with van der Waals surface area (Å²) in [6.45, 7) is 1.31. The molecule has 1 aliphatic heterocycles. The van der Waals surface area contributed by atoms with E-state index in [1.54, 1.807) is 6.20 Å². The fourth-order valence-corrected chi connectivity index (χ4v) is 2.39. The van der Waals surface area contributed by atoms with Crippen molar-refractivity contribution in [1.29, 1.82) is 0 Å². The largest absolute Gasteiger partial charge is 0.444 e. The molecule has 1 aliphatic rings. The number of alkyl carbamates (subject to hydrolysis) is 1. The van der Waals surface area contributed by atoms with Crippen molar-refractivity contribution in [1.82, 2.24) is 25.5 Å². The van der Waals surface area contributed by atoms with Crippen LogP contribution in [0.3, 0.4) is 0 Å². The molecule has 4 N–H and O–H groups in total. The lowest BCUT2D eigenvalue weighted by Crippen LogP contribution is -2.29. The summed E-state index contributed by atoms with van der Waals surface area (Å²) in [6, 6.07) is 3.65. The number of nitrogens with zero attached hydrogens (tertiary/aromatic N) is 4. The molecule has 116 valence electrons. The molecule has 9 heteroatoms. The van der Waals surface area contributed by atoms with E-state index in [9.17, 15) is 4.79 Å². The molecular formula is C13H17N7O2. The second-order valence-corrected chi connectivity index (χ2v) is 4.95. The fourth-order valence-electron chi connectivity index (χ4n) is 2.39. The SMILES string of the molecule is CNC(=O)O[C@@H]1CCN(c2cc(-c3ccn[nH]3)nc(N)n2)C1. The molecule has 0 aliphatic carbocycles. The second kappa shape index (κ2) is 5.88. The summed E-state index contributed by atoms with van der Waals surface area (Å²) in [5, 5.41) is 9.20. The van der Waals surface area contributed by atoms with Crippen LogP contribution in [-0.4, -0.2) is 52.5 Å². The van der Waals surface area contributed by atoms with Crippen LogP contribution in [0.15, 0.2) is 18.3 Å². The molecule has 1 atom stereocenters. The highest BCUT2D eigenvalue weighted by molar-refractivity contribution is 5.67. The van der Waals surface area contributed by atoms with Crippen LogP contribution >= 0.6 is 0 Å². The predicted molar refractivity (Wildman–Crippen MR) is 80.2 cm³/mol. The van der Waals surface area contributed by atoms with Crippen LogP contribution in [0.1, 0.15) is 6.42 Å². The number of nitrogens with two attached hydrogens (primary N) is 1. The molecule has 1 fully saturated rings. The lowest BCUT2D eigenvalue weighted by Gasteiger charge is -2.18. The maximum Gasteiger partial charge on any atom is 0.407 e. The third-order valence-corrected chi connectivity index (χ3v) is 3.45. The van der Waals surface area contributed by atoms with E-state index in [4.69, 9.17) is 10.5 Å². The van der Waals surface area contributed by atoms with E-state index in [1.165, 1.54) is 7.05 Å². The number of aromatic nitrogens is 4. The highest BCUT2D eigenvalue weighted by Crippen LogP contribution is 2.24. The molecule has 0 unspecified atom stereocenters.